The first-order valence-electron chi connectivity index (χ1n) is 7.52. The van der Waals surface area contributed by atoms with Gasteiger partial charge in [0.15, 0.2) is 0 Å². The molecule has 4 rings (SSSR count). The van der Waals surface area contributed by atoms with E-state index in [4.69, 9.17) is 0 Å². The predicted octanol–water partition coefficient (Wildman–Crippen LogP) is 3.80. The summed E-state index contributed by atoms with van der Waals surface area (Å²) in [6.07, 6.45) is 2.29. The van der Waals surface area contributed by atoms with Gasteiger partial charge in [0.1, 0.15) is 16.5 Å². The summed E-state index contributed by atoms with van der Waals surface area (Å²) in [5.74, 6) is 1.40. The van der Waals surface area contributed by atoms with Gasteiger partial charge in [0, 0.05) is 17.5 Å². The lowest BCUT2D eigenvalue weighted by Gasteiger charge is -2.04. The van der Waals surface area contributed by atoms with E-state index in [1.54, 1.807) is 6.07 Å². The van der Waals surface area contributed by atoms with Crippen molar-refractivity contribution in [3.8, 4) is 11.3 Å². The van der Waals surface area contributed by atoms with Crippen LogP contribution in [-0.2, 0) is 0 Å². The Kier molecular flexibility index (Phi) is 3.73. The van der Waals surface area contributed by atoms with Gasteiger partial charge in [0.2, 0.25) is 5.16 Å². The maximum absolute atomic E-state index is 11.3. The molecule has 2 heterocycles. The van der Waals surface area contributed by atoms with Gasteiger partial charge >= 0.3 is 0 Å². The highest BCUT2D eigenvalue weighted by molar-refractivity contribution is 7.99. The maximum atomic E-state index is 11.3. The average Bonchev–Trinajstić information content (AvgIpc) is 3.35. The lowest BCUT2D eigenvalue weighted by Crippen LogP contribution is -1.96. The summed E-state index contributed by atoms with van der Waals surface area (Å²) in [6, 6.07) is 12.2. The molecule has 7 nitrogen and oxygen atoms in total. The van der Waals surface area contributed by atoms with Gasteiger partial charge in [0.05, 0.1) is 4.92 Å². The van der Waals surface area contributed by atoms with Crippen molar-refractivity contribution < 1.29 is 4.92 Å². The fraction of sp³-hybridized carbons (Fsp3) is 0.188. The number of hydrogen-bond acceptors (Lipinski definition) is 6. The number of nitro groups is 1. The SMILES string of the molecule is O=[N+]([O-])c1ccc(Sc2n[nH]c(C3CC3)n2)nc1-c1ccccc1. The summed E-state index contributed by atoms with van der Waals surface area (Å²) in [6.45, 7) is 0. The van der Waals surface area contributed by atoms with E-state index >= 15 is 0 Å². The number of nitrogens with one attached hydrogen (secondary N) is 1. The van der Waals surface area contributed by atoms with Crippen LogP contribution in [0.3, 0.4) is 0 Å². The van der Waals surface area contributed by atoms with Crippen LogP contribution >= 0.6 is 11.8 Å². The van der Waals surface area contributed by atoms with Crippen LogP contribution in [0.1, 0.15) is 24.6 Å². The van der Waals surface area contributed by atoms with Crippen LogP contribution in [0.5, 0.6) is 0 Å². The standard InChI is InChI=1S/C16H13N5O2S/c22-21(23)12-8-9-13(17-14(12)10-4-2-1-3-5-10)24-16-18-15(19-20-16)11-6-7-11/h1-5,8-9,11H,6-7H2,(H,18,19,20). The zero-order valence-corrected chi connectivity index (χ0v) is 13.4. The van der Waals surface area contributed by atoms with Crippen LogP contribution in [0.4, 0.5) is 5.69 Å². The van der Waals surface area contributed by atoms with Gasteiger partial charge in [-0.25, -0.2) is 9.97 Å². The normalized spacial score (nSPS) is 13.8. The van der Waals surface area contributed by atoms with Gasteiger partial charge in [0.25, 0.3) is 5.69 Å². The molecule has 0 aliphatic heterocycles. The van der Waals surface area contributed by atoms with Crippen molar-refractivity contribution in [2.45, 2.75) is 28.9 Å². The number of nitrogens with zero attached hydrogens (tertiary/aromatic N) is 4. The van der Waals surface area contributed by atoms with E-state index < -0.39 is 4.92 Å². The zero-order chi connectivity index (χ0) is 16.5. The van der Waals surface area contributed by atoms with Crippen LogP contribution in [0.2, 0.25) is 0 Å². The van der Waals surface area contributed by atoms with Crippen molar-refractivity contribution in [2.75, 3.05) is 0 Å². The zero-order valence-electron chi connectivity index (χ0n) is 12.5. The minimum Gasteiger partial charge on any atom is -0.262 e. The Morgan fingerprint density at radius 2 is 1.92 bits per heavy atom. The van der Waals surface area contributed by atoms with E-state index in [0.717, 1.165) is 18.7 Å². The third-order valence-electron chi connectivity index (χ3n) is 3.73. The fourth-order valence-electron chi connectivity index (χ4n) is 2.38. The quantitative estimate of drug-likeness (QED) is 0.561. The number of H-pyrrole nitrogens is 1. The van der Waals surface area contributed by atoms with Crippen LogP contribution < -0.4 is 0 Å². The van der Waals surface area contributed by atoms with Crippen molar-refractivity contribution in [3.05, 3.63) is 58.4 Å². The number of benzene rings is 1. The lowest BCUT2D eigenvalue weighted by molar-refractivity contribution is -0.384. The number of hydrogen-bond donors (Lipinski definition) is 1. The predicted molar refractivity (Wildman–Crippen MR) is 88.8 cm³/mol. The molecule has 8 heteroatoms. The number of rotatable bonds is 5. The molecule has 0 amide bonds. The van der Waals surface area contributed by atoms with Crippen LogP contribution in [0, 0.1) is 10.1 Å². The van der Waals surface area contributed by atoms with Crippen molar-refractivity contribution in [3.63, 3.8) is 0 Å². The van der Waals surface area contributed by atoms with Crippen molar-refractivity contribution in [1.82, 2.24) is 20.2 Å². The highest BCUT2D eigenvalue weighted by Gasteiger charge is 2.27. The highest BCUT2D eigenvalue weighted by atomic mass is 32.2. The minimum atomic E-state index is -0.415. The van der Waals surface area contributed by atoms with Gasteiger partial charge in [-0.1, -0.05) is 30.3 Å². The van der Waals surface area contributed by atoms with Crippen molar-refractivity contribution in [2.24, 2.45) is 0 Å². The molecular formula is C16H13N5O2S. The van der Waals surface area contributed by atoms with Gasteiger partial charge in [-0.05, 0) is 30.7 Å². The molecule has 0 atom stereocenters. The molecule has 0 saturated heterocycles. The minimum absolute atomic E-state index is 0.0146. The van der Waals surface area contributed by atoms with Crippen molar-refractivity contribution in [1.29, 1.82) is 0 Å². The first-order valence-corrected chi connectivity index (χ1v) is 8.33. The maximum Gasteiger partial charge on any atom is 0.295 e. The molecule has 1 aliphatic rings. The number of aromatic amines is 1. The molecule has 2 aromatic heterocycles. The molecule has 1 N–H and O–H groups in total. The van der Waals surface area contributed by atoms with E-state index in [-0.39, 0.29) is 5.69 Å². The lowest BCUT2D eigenvalue weighted by atomic mass is 10.1. The number of aromatic nitrogens is 4. The Balaban J connectivity index is 1.67. The third-order valence-corrected chi connectivity index (χ3v) is 4.54. The second kappa shape index (κ2) is 6.04. The molecule has 0 spiro atoms. The van der Waals surface area contributed by atoms with Gasteiger partial charge in [-0.15, -0.1) is 5.10 Å². The molecule has 1 aromatic carbocycles. The molecule has 0 unspecified atom stereocenters. The summed E-state index contributed by atoms with van der Waals surface area (Å²) in [4.78, 5) is 19.8. The van der Waals surface area contributed by atoms with Gasteiger partial charge in [-0.2, -0.15) is 0 Å². The molecule has 24 heavy (non-hydrogen) atoms. The van der Waals surface area contributed by atoms with Gasteiger partial charge < -0.3 is 0 Å². The second-order valence-corrected chi connectivity index (χ2v) is 6.51. The van der Waals surface area contributed by atoms with Crippen molar-refractivity contribution >= 4 is 17.4 Å². The topological polar surface area (TPSA) is 97.6 Å². The highest BCUT2D eigenvalue weighted by Crippen LogP contribution is 2.39. The summed E-state index contributed by atoms with van der Waals surface area (Å²) < 4.78 is 0. The smallest absolute Gasteiger partial charge is 0.262 e. The van der Waals surface area contributed by atoms with Crippen LogP contribution in [-0.4, -0.2) is 25.1 Å². The Morgan fingerprint density at radius 1 is 1.12 bits per heavy atom. The molecule has 3 aromatic rings. The molecule has 1 saturated carbocycles. The Bertz CT molecular complexity index is 892. The van der Waals surface area contributed by atoms with E-state index in [0.29, 0.717) is 27.4 Å². The molecule has 1 fully saturated rings. The first kappa shape index (κ1) is 14.8. The monoisotopic (exact) mass is 339 g/mol. The summed E-state index contributed by atoms with van der Waals surface area (Å²) in [5.41, 5.74) is 1.04. The van der Waals surface area contributed by atoms with Crippen LogP contribution in [0.15, 0.2) is 52.6 Å². The first-order chi connectivity index (χ1) is 11.7. The van der Waals surface area contributed by atoms with E-state index in [9.17, 15) is 10.1 Å². The molecular weight excluding hydrogens is 326 g/mol. The van der Waals surface area contributed by atoms with E-state index in [2.05, 4.69) is 20.2 Å². The fourth-order valence-corrected chi connectivity index (χ4v) is 3.08. The molecule has 0 radical (unpaired) electrons. The Labute approximate surface area is 141 Å². The summed E-state index contributed by atoms with van der Waals surface area (Å²) in [5, 5.41) is 19.6. The molecule has 0 bridgehead atoms. The molecule has 120 valence electrons. The van der Waals surface area contributed by atoms with E-state index in [1.165, 1.54) is 17.8 Å². The second-order valence-electron chi connectivity index (χ2n) is 5.52. The number of pyridine rings is 1. The van der Waals surface area contributed by atoms with Crippen LogP contribution in [0.25, 0.3) is 11.3 Å². The van der Waals surface area contributed by atoms with E-state index in [1.807, 2.05) is 30.3 Å². The summed E-state index contributed by atoms with van der Waals surface area (Å²) >= 11 is 1.30. The molecule has 1 aliphatic carbocycles. The average molecular weight is 339 g/mol. The largest absolute Gasteiger partial charge is 0.295 e. The van der Waals surface area contributed by atoms with Gasteiger partial charge in [-0.3, -0.25) is 15.2 Å². The Hall–Kier alpha value is -2.74. The third kappa shape index (κ3) is 3.00. The Morgan fingerprint density at radius 3 is 2.62 bits per heavy atom. The summed E-state index contributed by atoms with van der Waals surface area (Å²) in [7, 11) is 0.